The molecule has 0 saturated carbocycles. The second-order valence-corrected chi connectivity index (χ2v) is 9.81. The van der Waals surface area contributed by atoms with Gasteiger partial charge in [-0.3, -0.25) is 4.79 Å². The zero-order valence-electron chi connectivity index (χ0n) is 18.4. The van der Waals surface area contributed by atoms with Gasteiger partial charge in [0.25, 0.3) is 5.91 Å². The van der Waals surface area contributed by atoms with E-state index in [0.29, 0.717) is 14.8 Å². The molecule has 0 unspecified atom stereocenters. The third-order valence-corrected chi connectivity index (χ3v) is 6.58. The maximum Gasteiger partial charge on any atom is 0.339 e. The summed E-state index contributed by atoms with van der Waals surface area (Å²) in [6, 6.07) is 20.1. The van der Waals surface area contributed by atoms with Crippen LogP contribution < -0.4 is 14.2 Å². The first-order chi connectivity index (χ1) is 16.2. The van der Waals surface area contributed by atoms with Gasteiger partial charge in [-0.15, -0.1) is 0 Å². The Kier molecular flexibility index (Phi) is 8.31. The van der Waals surface area contributed by atoms with Crippen LogP contribution in [0.15, 0.2) is 77.2 Å². The van der Waals surface area contributed by atoms with Gasteiger partial charge in [-0.2, -0.15) is 13.7 Å². The fourth-order valence-electron chi connectivity index (χ4n) is 2.91. The molecule has 0 aliphatic rings. The van der Waals surface area contributed by atoms with Crippen molar-refractivity contribution in [3.05, 3.63) is 87.0 Å². The molecule has 1 amide bonds. The average Bonchev–Trinajstić information content (AvgIpc) is 2.80. The van der Waals surface area contributed by atoms with E-state index in [0.717, 1.165) is 5.56 Å². The minimum atomic E-state index is -4.10. The summed E-state index contributed by atoms with van der Waals surface area (Å²) in [7, 11) is -4.10. The van der Waals surface area contributed by atoms with Crippen molar-refractivity contribution in [2.75, 3.05) is 11.9 Å². The number of amides is 1. The zero-order valence-corrected chi connectivity index (χ0v) is 21.4. The number of nitriles is 1. The van der Waals surface area contributed by atoms with Gasteiger partial charge in [-0.1, -0.05) is 35.9 Å². The highest BCUT2D eigenvalue weighted by Gasteiger charge is 2.22. The highest BCUT2D eigenvalue weighted by Crippen LogP contribution is 2.37. The largest absolute Gasteiger partial charge is 0.490 e. The lowest BCUT2D eigenvalue weighted by molar-refractivity contribution is -0.112. The van der Waals surface area contributed by atoms with E-state index >= 15 is 0 Å². The summed E-state index contributed by atoms with van der Waals surface area (Å²) in [5.41, 5.74) is 1.84. The Morgan fingerprint density at radius 1 is 1.12 bits per heavy atom. The smallest absolute Gasteiger partial charge is 0.339 e. The summed E-state index contributed by atoms with van der Waals surface area (Å²) < 4.78 is 37.1. The van der Waals surface area contributed by atoms with Gasteiger partial charge in [0.15, 0.2) is 11.5 Å². The number of ether oxygens (including phenoxy) is 1. The van der Waals surface area contributed by atoms with Crippen LogP contribution in [0.1, 0.15) is 18.1 Å². The van der Waals surface area contributed by atoms with Crippen LogP contribution in [0, 0.1) is 21.8 Å². The van der Waals surface area contributed by atoms with Gasteiger partial charge in [0.05, 0.1) is 10.2 Å². The fraction of sp³-hybridized carbons (Fsp3) is 0.120. The average molecular weight is 588 g/mol. The van der Waals surface area contributed by atoms with Gasteiger partial charge in [-0.25, -0.2) is 0 Å². The molecular weight excluding hydrogens is 567 g/mol. The highest BCUT2D eigenvalue weighted by molar-refractivity contribution is 14.1. The van der Waals surface area contributed by atoms with Crippen LogP contribution in [-0.4, -0.2) is 20.9 Å². The van der Waals surface area contributed by atoms with Crippen LogP contribution in [-0.2, 0) is 14.9 Å². The van der Waals surface area contributed by atoms with Crippen molar-refractivity contribution in [3.63, 3.8) is 0 Å². The van der Waals surface area contributed by atoms with E-state index < -0.39 is 16.0 Å². The predicted octanol–water partition coefficient (Wildman–Crippen LogP) is 5.31. The second-order valence-electron chi connectivity index (χ2n) is 7.10. The lowest BCUT2D eigenvalue weighted by Crippen LogP contribution is -2.13. The standard InChI is InChI=1S/C25H21IN2O5S/c1-3-32-23-15-18(13-19(16-27)25(29)28-20-7-5-4-6-8-20)14-22(26)24(23)33-34(30,31)21-11-9-17(2)10-12-21/h4-15H,3H2,1-2H3,(H,28,29)/b19-13+. The fourth-order valence-corrected chi connectivity index (χ4v) is 4.75. The maximum absolute atomic E-state index is 12.8. The number of rotatable bonds is 8. The summed E-state index contributed by atoms with van der Waals surface area (Å²) in [5.74, 6) is -0.353. The Morgan fingerprint density at radius 3 is 2.41 bits per heavy atom. The summed E-state index contributed by atoms with van der Waals surface area (Å²) in [5, 5.41) is 12.2. The summed E-state index contributed by atoms with van der Waals surface area (Å²) in [4.78, 5) is 12.6. The zero-order chi connectivity index (χ0) is 24.7. The van der Waals surface area contributed by atoms with Crippen LogP contribution in [0.4, 0.5) is 5.69 Å². The van der Waals surface area contributed by atoms with Crippen LogP contribution in [0.25, 0.3) is 6.08 Å². The summed E-state index contributed by atoms with van der Waals surface area (Å²) in [6.07, 6.45) is 1.40. The number of nitrogens with one attached hydrogen (secondary N) is 1. The predicted molar refractivity (Wildman–Crippen MR) is 138 cm³/mol. The third kappa shape index (κ3) is 6.36. The molecule has 0 aromatic heterocycles. The molecule has 0 radical (unpaired) electrons. The molecular formula is C25H21IN2O5S. The Bertz CT molecular complexity index is 1360. The van der Waals surface area contributed by atoms with Crippen LogP contribution >= 0.6 is 22.6 Å². The van der Waals surface area contributed by atoms with Gasteiger partial charge >= 0.3 is 10.1 Å². The lowest BCUT2D eigenvalue weighted by Gasteiger charge is -2.15. The minimum Gasteiger partial charge on any atom is -0.490 e. The molecule has 1 N–H and O–H groups in total. The van der Waals surface area contributed by atoms with Crippen LogP contribution in [0.5, 0.6) is 11.5 Å². The van der Waals surface area contributed by atoms with Crippen molar-refractivity contribution < 1.29 is 22.1 Å². The Balaban J connectivity index is 1.94. The van der Waals surface area contributed by atoms with E-state index in [1.165, 1.54) is 24.3 Å². The normalized spacial score (nSPS) is 11.4. The Morgan fingerprint density at radius 2 is 1.79 bits per heavy atom. The molecule has 3 rings (SSSR count). The molecule has 7 nitrogen and oxygen atoms in total. The van der Waals surface area contributed by atoms with Crippen molar-refractivity contribution in [1.82, 2.24) is 0 Å². The topological polar surface area (TPSA) is 105 Å². The second kappa shape index (κ2) is 11.2. The molecule has 0 saturated heterocycles. The van der Waals surface area contributed by atoms with Crippen molar-refractivity contribution in [2.45, 2.75) is 18.7 Å². The number of nitrogens with zero attached hydrogens (tertiary/aromatic N) is 1. The lowest BCUT2D eigenvalue weighted by atomic mass is 10.1. The van der Waals surface area contributed by atoms with E-state index in [9.17, 15) is 18.5 Å². The van der Waals surface area contributed by atoms with Crippen molar-refractivity contribution in [2.24, 2.45) is 0 Å². The molecule has 0 heterocycles. The van der Waals surface area contributed by atoms with Crippen molar-refractivity contribution in [3.8, 4) is 17.6 Å². The van der Waals surface area contributed by atoms with Crippen molar-refractivity contribution >= 4 is 50.4 Å². The van der Waals surface area contributed by atoms with E-state index in [4.69, 9.17) is 8.92 Å². The number of para-hydroxylation sites is 1. The molecule has 0 aliphatic heterocycles. The van der Waals surface area contributed by atoms with E-state index in [1.54, 1.807) is 49.4 Å². The first kappa shape index (κ1) is 25.3. The monoisotopic (exact) mass is 588 g/mol. The van der Waals surface area contributed by atoms with E-state index in [1.807, 2.05) is 41.7 Å². The molecule has 9 heteroatoms. The Labute approximate surface area is 212 Å². The number of hydrogen-bond donors (Lipinski definition) is 1. The number of benzene rings is 3. The molecule has 3 aromatic rings. The van der Waals surface area contributed by atoms with Crippen LogP contribution in [0.2, 0.25) is 0 Å². The molecule has 0 bridgehead atoms. The number of anilines is 1. The molecule has 0 atom stereocenters. The molecule has 0 aliphatic carbocycles. The quantitative estimate of drug-likeness (QED) is 0.166. The van der Waals surface area contributed by atoms with Gasteiger partial charge in [0.2, 0.25) is 0 Å². The molecule has 0 spiro atoms. The number of hydrogen-bond acceptors (Lipinski definition) is 6. The molecule has 174 valence electrons. The molecule has 0 fully saturated rings. The summed E-state index contributed by atoms with van der Waals surface area (Å²) in [6.45, 7) is 3.86. The van der Waals surface area contributed by atoms with Gasteiger partial charge in [0, 0.05) is 5.69 Å². The van der Waals surface area contributed by atoms with Crippen LogP contribution in [0.3, 0.4) is 0 Å². The first-order valence-electron chi connectivity index (χ1n) is 10.2. The molecule has 3 aromatic carbocycles. The first-order valence-corrected chi connectivity index (χ1v) is 12.7. The number of aryl methyl sites for hydroxylation is 1. The van der Waals surface area contributed by atoms with E-state index in [-0.39, 0.29) is 28.6 Å². The van der Waals surface area contributed by atoms with Gasteiger partial charge in [0.1, 0.15) is 16.5 Å². The number of carbonyl (C=O) groups is 1. The summed E-state index contributed by atoms with van der Waals surface area (Å²) >= 11 is 1.93. The number of halogens is 1. The van der Waals surface area contributed by atoms with Gasteiger partial charge < -0.3 is 14.2 Å². The highest BCUT2D eigenvalue weighted by atomic mass is 127. The maximum atomic E-state index is 12.8. The minimum absolute atomic E-state index is 0.0182. The van der Waals surface area contributed by atoms with E-state index in [2.05, 4.69) is 5.32 Å². The Hall–Kier alpha value is -3.36. The SMILES string of the molecule is CCOc1cc(/C=C(\C#N)C(=O)Nc2ccccc2)cc(I)c1OS(=O)(=O)c1ccc(C)cc1. The number of carbonyl (C=O) groups excluding carboxylic acids is 1. The third-order valence-electron chi connectivity index (χ3n) is 4.54. The molecule has 34 heavy (non-hydrogen) atoms. The van der Waals surface area contributed by atoms with Gasteiger partial charge in [-0.05, 0) is 84.5 Å². The van der Waals surface area contributed by atoms with Crippen molar-refractivity contribution in [1.29, 1.82) is 5.26 Å².